The number of rotatable bonds is 7. The fourth-order valence-corrected chi connectivity index (χ4v) is 2.36. The summed E-state index contributed by atoms with van der Waals surface area (Å²) in [6.07, 6.45) is 3.04. The molecule has 0 saturated heterocycles. The van der Waals surface area contributed by atoms with Gasteiger partial charge in [0, 0.05) is 18.8 Å². The predicted octanol–water partition coefficient (Wildman–Crippen LogP) is 3.91. The van der Waals surface area contributed by atoms with Crippen LogP contribution in [-0.4, -0.2) is 21.6 Å². The zero-order chi connectivity index (χ0) is 18.4. The molecule has 8 heteroatoms. The van der Waals surface area contributed by atoms with Crippen molar-refractivity contribution in [3.63, 3.8) is 0 Å². The molecule has 3 aromatic rings. The summed E-state index contributed by atoms with van der Waals surface area (Å²) in [5.74, 6) is 2.68. The van der Waals surface area contributed by atoms with Crippen LogP contribution in [0.15, 0.2) is 48.9 Å². The van der Waals surface area contributed by atoms with Crippen LogP contribution in [0.2, 0.25) is 5.02 Å². The zero-order valence-electron chi connectivity index (χ0n) is 14.1. The number of nitrogens with two attached hydrogens (primary N) is 1. The number of ether oxygens (including phenoxy) is 2. The lowest BCUT2D eigenvalue weighted by Crippen LogP contribution is -2.04. The maximum absolute atomic E-state index is 6.07. The molecular formula is C18H18ClN5O2. The minimum absolute atomic E-state index is 0.235. The number of nitrogens with zero attached hydrogens (tertiary/aromatic N) is 3. The van der Waals surface area contributed by atoms with E-state index in [9.17, 15) is 0 Å². The Morgan fingerprint density at radius 1 is 1.08 bits per heavy atom. The highest BCUT2D eigenvalue weighted by molar-refractivity contribution is 6.35. The molecule has 0 amide bonds. The van der Waals surface area contributed by atoms with Gasteiger partial charge in [-0.25, -0.2) is 15.0 Å². The van der Waals surface area contributed by atoms with Crippen molar-refractivity contribution in [2.75, 3.05) is 17.7 Å². The van der Waals surface area contributed by atoms with Gasteiger partial charge in [-0.1, -0.05) is 11.6 Å². The Labute approximate surface area is 156 Å². The maximum atomic E-state index is 6.07. The Bertz CT molecular complexity index is 874. The second kappa shape index (κ2) is 8.35. The van der Waals surface area contributed by atoms with Crippen LogP contribution in [0.5, 0.6) is 17.4 Å². The molecule has 1 aromatic carbocycles. The van der Waals surface area contributed by atoms with E-state index in [-0.39, 0.29) is 5.82 Å². The third-order valence-corrected chi connectivity index (χ3v) is 3.81. The fraction of sp³-hybridized carbons (Fsp3) is 0.167. The van der Waals surface area contributed by atoms with Gasteiger partial charge >= 0.3 is 0 Å². The van der Waals surface area contributed by atoms with Crippen molar-refractivity contribution in [1.82, 2.24) is 15.0 Å². The summed E-state index contributed by atoms with van der Waals surface area (Å²) in [6.45, 7) is 3.05. The quantitative estimate of drug-likeness (QED) is 0.650. The van der Waals surface area contributed by atoms with Gasteiger partial charge in [-0.05, 0) is 42.8 Å². The SMILES string of the molecule is CCOc1ccc(Oc2cc(CNc3ncnc(N)c3Cl)ccn2)cc1. The van der Waals surface area contributed by atoms with E-state index in [0.717, 1.165) is 11.3 Å². The van der Waals surface area contributed by atoms with E-state index >= 15 is 0 Å². The molecule has 2 aromatic heterocycles. The maximum Gasteiger partial charge on any atom is 0.219 e. The second-order valence-electron chi connectivity index (χ2n) is 5.28. The van der Waals surface area contributed by atoms with E-state index in [1.807, 2.05) is 43.3 Å². The molecule has 0 fully saturated rings. The number of hydrogen-bond acceptors (Lipinski definition) is 7. The molecule has 0 aliphatic carbocycles. The van der Waals surface area contributed by atoms with Gasteiger partial charge in [0.1, 0.15) is 28.7 Å². The standard InChI is InChI=1S/C18H18ClN5O2/c1-2-25-13-3-5-14(6-4-13)26-15-9-12(7-8-21-15)10-22-18-16(19)17(20)23-11-24-18/h3-9,11H,2,10H2,1H3,(H3,20,22,23,24). The first-order valence-corrected chi connectivity index (χ1v) is 8.39. The van der Waals surface area contributed by atoms with Crippen molar-refractivity contribution in [2.45, 2.75) is 13.5 Å². The number of hydrogen-bond donors (Lipinski definition) is 2. The van der Waals surface area contributed by atoms with Crippen LogP contribution in [0, 0.1) is 0 Å². The molecular weight excluding hydrogens is 354 g/mol. The molecule has 134 valence electrons. The van der Waals surface area contributed by atoms with E-state index < -0.39 is 0 Å². The Hall–Kier alpha value is -3.06. The molecule has 3 N–H and O–H groups in total. The molecule has 3 rings (SSSR count). The van der Waals surface area contributed by atoms with Crippen LogP contribution < -0.4 is 20.5 Å². The van der Waals surface area contributed by atoms with Crippen molar-refractivity contribution in [1.29, 1.82) is 0 Å². The molecule has 0 aliphatic rings. The summed E-state index contributed by atoms with van der Waals surface area (Å²) in [5.41, 5.74) is 6.62. The molecule has 0 radical (unpaired) electrons. The lowest BCUT2D eigenvalue weighted by Gasteiger charge is -2.10. The number of halogens is 1. The predicted molar refractivity (Wildman–Crippen MR) is 101 cm³/mol. The minimum atomic E-state index is 0.235. The highest BCUT2D eigenvalue weighted by Crippen LogP contribution is 2.25. The smallest absolute Gasteiger partial charge is 0.219 e. The molecule has 0 atom stereocenters. The molecule has 0 spiro atoms. The Morgan fingerprint density at radius 2 is 1.85 bits per heavy atom. The Morgan fingerprint density at radius 3 is 2.62 bits per heavy atom. The number of aromatic nitrogens is 3. The van der Waals surface area contributed by atoms with Crippen LogP contribution in [0.3, 0.4) is 0 Å². The summed E-state index contributed by atoms with van der Waals surface area (Å²) in [7, 11) is 0. The van der Waals surface area contributed by atoms with Crippen LogP contribution >= 0.6 is 11.6 Å². The van der Waals surface area contributed by atoms with E-state index in [2.05, 4.69) is 20.3 Å². The fourth-order valence-electron chi connectivity index (χ4n) is 2.20. The minimum Gasteiger partial charge on any atom is -0.494 e. The molecule has 0 bridgehead atoms. The Kier molecular flexibility index (Phi) is 5.70. The van der Waals surface area contributed by atoms with Gasteiger partial charge in [-0.2, -0.15) is 0 Å². The highest BCUT2D eigenvalue weighted by Gasteiger charge is 2.07. The van der Waals surface area contributed by atoms with Crippen molar-refractivity contribution in [2.24, 2.45) is 0 Å². The first-order valence-electron chi connectivity index (χ1n) is 8.01. The van der Waals surface area contributed by atoms with Gasteiger partial charge in [0.25, 0.3) is 0 Å². The van der Waals surface area contributed by atoms with Crippen molar-refractivity contribution in [3.8, 4) is 17.4 Å². The number of anilines is 2. The molecule has 0 aliphatic heterocycles. The monoisotopic (exact) mass is 371 g/mol. The van der Waals surface area contributed by atoms with Crippen LogP contribution in [0.1, 0.15) is 12.5 Å². The van der Waals surface area contributed by atoms with Gasteiger partial charge in [0.2, 0.25) is 5.88 Å². The van der Waals surface area contributed by atoms with Crippen molar-refractivity contribution >= 4 is 23.2 Å². The number of pyridine rings is 1. The Balaban J connectivity index is 1.65. The topological polar surface area (TPSA) is 95.2 Å². The van der Waals surface area contributed by atoms with E-state index in [0.29, 0.717) is 35.6 Å². The van der Waals surface area contributed by atoms with Crippen LogP contribution in [0.25, 0.3) is 0 Å². The number of nitrogens with one attached hydrogen (secondary N) is 1. The van der Waals surface area contributed by atoms with Crippen molar-refractivity contribution in [3.05, 3.63) is 59.5 Å². The van der Waals surface area contributed by atoms with Crippen LogP contribution in [-0.2, 0) is 6.54 Å². The summed E-state index contributed by atoms with van der Waals surface area (Å²) in [6, 6.07) is 11.1. The lowest BCUT2D eigenvalue weighted by molar-refractivity contribution is 0.339. The lowest BCUT2D eigenvalue weighted by atomic mass is 10.2. The zero-order valence-corrected chi connectivity index (χ0v) is 14.9. The van der Waals surface area contributed by atoms with Crippen LogP contribution in [0.4, 0.5) is 11.6 Å². The van der Waals surface area contributed by atoms with Gasteiger partial charge in [-0.3, -0.25) is 0 Å². The van der Waals surface area contributed by atoms with Gasteiger partial charge in [-0.15, -0.1) is 0 Å². The van der Waals surface area contributed by atoms with Gasteiger partial charge in [0.15, 0.2) is 5.82 Å². The molecule has 2 heterocycles. The highest BCUT2D eigenvalue weighted by atomic mass is 35.5. The normalized spacial score (nSPS) is 10.4. The van der Waals surface area contributed by atoms with E-state index in [1.54, 1.807) is 6.20 Å². The largest absolute Gasteiger partial charge is 0.494 e. The molecule has 0 saturated carbocycles. The third-order valence-electron chi connectivity index (χ3n) is 3.43. The number of benzene rings is 1. The average Bonchev–Trinajstić information content (AvgIpc) is 2.65. The van der Waals surface area contributed by atoms with E-state index in [4.69, 9.17) is 26.8 Å². The van der Waals surface area contributed by atoms with Gasteiger partial charge < -0.3 is 20.5 Å². The summed E-state index contributed by atoms with van der Waals surface area (Å²) in [5, 5.41) is 3.42. The molecule has 0 unspecified atom stereocenters. The average molecular weight is 372 g/mol. The third kappa shape index (κ3) is 4.52. The molecule has 26 heavy (non-hydrogen) atoms. The van der Waals surface area contributed by atoms with Gasteiger partial charge in [0.05, 0.1) is 6.61 Å². The summed E-state index contributed by atoms with van der Waals surface area (Å²) >= 11 is 6.07. The molecule has 7 nitrogen and oxygen atoms in total. The summed E-state index contributed by atoms with van der Waals surface area (Å²) in [4.78, 5) is 12.1. The number of nitrogen functional groups attached to an aromatic ring is 1. The summed E-state index contributed by atoms with van der Waals surface area (Å²) < 4.78 is 11.2. The van der Waals surface area contributed by atoms with E-state index in [1.165, 1.54) is 6.33 Å². The first kappa shape index (κ1) is 17.8. The van der Waals surface area contributed by atoms with Crippen molar-refractivity contribution < 1.29 is 9.47 Å². The first-order chi connectivity index (χ1) is 12.7. The second-order valence-corrected chi connectivity index (χ2v) is 5.66.